The molecule has 1 aromatic carbocycles. The third kappa shape index (κ3) is 2.70. The lowest BCUT2D eigenvalue weighted by Crippen LogP contribution is -2.26. The smallest absolute Gasteiger partial charge is 0.262 e. The van der Waals surface area contributed by atoms with Gasteiger partial charge < -0.3 is 0 Å². The Kier molecular flexibility index (Phi) is 3.95. The normalized spacial score (nSPS) is 16.0. The van der Waals surface area contributed by atoms with Crippen LogP contribution in [0.3, 0.4) is 0 Å². The fraction of sp³-hybridized carbons (Fsp3) is 0.333. The van der Waals surface area contributed by atoms with E-state index in [1.807, 2.05) is 34.2 Å². The van der Waals surface area contributed by atoms with E-state index >= 15 is 0 Å². The average molecular weight is 345 g/mol. The highest BCUT2D eigenvalue weighted by molar-refractivity contribution is 7.17. The summed E-state index contributed by atoms with van der Waals surface area (Å²) >= 11 is 7.50. The maximum absolute atomic E-state index is 13.1. The van der Waals surface area contributed by atoms with Crippen molar-refractivity contribution in [2.45, 2.75) is 38.1 Å². The molecule has 0 atom stereocenters. The summed E-state index contributed by atoms with van der Waals surface area (Å²) in [6.07, 6.45) is 7.56. The van der Waals surface area contributed by atoms with E-state index in [1.54, 1.807) is 6.33 Å². The molecule has 4 rings (SSSR count). The molecule has 3 aromatic rings. The van der Waals surface area contributed by atoms with Crippen molar-refractivity contribution in [2.75, 3.05) is 0 Å². The van der Waals surface area contributed by atoms with Gasteiger partial charge in [-0.3, -0.25) is 9.36 Å². The van der Waals surface area contributed by atoms with Crippen LogP contribution in [-0.2, 0) is 0 Å². The molecule has 0 saturated heterocycles. The van der Waals surface area contributed by atoms with Gasteiger partial charge in [0.1, 0.15) is 4.83 Å². The van der Waals surface area contributed by atoms with Crippen LogP contribution in [0.15, 0.2) is 40.8 Å². The predicted molar refractivity (Wildman–Crippen MR) is 96.4 cm³/mol. The third-order valence-electron chi connectivity index (χ3n) is 4.64. The van der Waals surface area contributed by atoms with Crippen LogP contribution in [0.4, 0.5) is 0 Å². The highest BCUT2D eigenvalue weighted by atomic mass is 35.5. The van der Waals surface area contributed by atoms with Gasteiger partial charge in [-0.1, -0.05) is 43.0 Å². The van der Waals surface area contributed by atoms with Crippen LogP contribution in [0.1, 0.15) is 38.1 Å². The van der Waals surface area contributed by atoms with Gasteiger partial charge >= 0.3 is 0 Å². The highest BCUT2D eigenvalue weighted by Gasteiger charge is 2.20. The minimum absolute atomic E-state index is 0.0908. The van der Waals surface area contributed by atoms with E-state index in [4.69, 9.17) is 11.6 Å². The second kappa shape index (κ2) is 6.10. The maximum Gasteiger partial charge on any atom is 0.262 e. The Morgan fingerprint density at radius 3 is 2.61 bits per heavy atom. The number of nitrogens with zero attached hydrogens (tertiary/aromatic N) is 2. The summed E-state index contributed by atoms with van der Waals surface area (Å²) in [6.45, 7) is 0. The van der Waals surface area contributed by atoms with E-state index in [9.17, 15) is 4.79 Å². The predicted octanol–water partition coefficient (Wildman–Crippen LogP) is 5.28. The molecule has 0 spiro atoms. The molecule has 0 N–H and O–H groups in total. The van der Waals surface area contributed by atoms with Crippen molar-refractivity contribution < 1.29 is 0 Å². The van der Waals surface area contributed by atoms with Crippen molar-refractivity contribution in [3.8, 4) is 11.1 Å². The molecule has 1 saturated carbocycles. The fourth-order valence-electron chi connectivity index (χ4n) is 3.41. The fourth-order valence-corrected chi connectivity index (χ4v) is 4.44. The molecule has 0 radical (unpaired) electrons. The Bertz CT molecular complexity index is 892. The molecule has 1 fully saturated rings. The van der Waals surface area contributed by atoms with Crippen LogP contribution in [0.5, 0.6) is 0 Å². The van der Waals surface area contributed by atoms with Gasteiger partial charge in [0.2, 0.25) is 0 Å². The number of thiophene rings is 1. The van der Waals surface area contributed by atoms with Gasteiger partial charge in [0.05, 0.1) is 11.7 Å². The first kappa shape index (κ1) is 14.9. The minimum Gasteiger partial charge on any atom is -0.296 e. The van der Waals surface area contributed by atoms with E-state index in [-0.39, 0.29) is 5.56 Å². The molecule has 0 amide bonds. The summed E-state index contributed by atoms with van der Waals surface area (Å²) in [5.74, 6) is 0. The Morgan fingerprint density at radius 2 is 1.87 bits per heavy atom. The number of fused-ring (bicyclic) bond motifs is 1. The quantitative estimate of drug-likeness (QED) is 0.633. The van der Waals surface area contributed by atoms with Crippen LogP contribution in [0, 0.1) is 0 Å². The molecule has 23 heavy (non-hydrogen) atoms. The molecular formula is C18H17ClN2OS. The summed E-state index contributed by atoms with van der Waals surface area (Å²) in [5.41, 5.74) is 2.07. The zero-order valence-electron chi connectivity index (χ0n) is 12.7. The van der Waals surface area contributed by atoms with E-state index in [2.05, 4.69) is 4.98 Å². The highest BCUT2D eigenvalue weighted by Crippen LogP contribution is 2.33. The lowest BCUT2D eigenvalue weighted by Gasteiger charge is -2.23. The average Bonchev–Trinajstić information content (AvgIpc) is 3.02. The van der Waals surface area contributed by atoms with Gasteiger partial charge in [0.15, 0.2) is 0 Å². The second-order valence-corrected chi connectivity index (χ2v) is 7.38. The van der Waals surface area contributed by atoms with Gasteiger partial charge in [-0.05, 0) is 30.5 Å². The van der Waals surface area contributed by atoms with Gasteiger partial charge in [-0.15, -0.1) is 11.3 Å². The van der Waals surface area contributed by atoms with Crippen molar-refractivity contribution >= 4 is 33.2 Å². The van der Waals surface area contributed by atoms with Crippen molar-refractivity contribution in [3.63, 3.8) is 0 Å². The zero-order chi connectivity index (χ0) is 15.8. The summed E-state index contributed by atoms with van der Waals surface area (Å²) < 4.78 is 1.85. The summed E-state index contributed by atoms with van der Waals surface area (Å²) in [6, 6.07) is 7.93. The molecule has 3 nitrogen and oxygen atoms in total. The van der Waals surface area contributed by atoms with Crippen molar-refractivity contribution in [1.29, 1.82) is 0 Å². The van der Waals surface area contributed by atoms with Crippen molar-refractivity contribution in [3.05, 3.63) is 51.3 Å². The van der Waals surface area contributed by atoms with Crippen molar-refractivity contribution in [2.24, 2.45) is 0 Å². The topological polar surface area (TPSA) is 34.9 Å². The van der Waals surface area contributed by atoms with Gasteiger partial charge in [0, 0.05) is 22.0 Å². The molecular weight excluding hydrogens is 328 g/mol. The number of rotatable bonds is 2. The van der Waals surface area contributed by atoms with E-state index in [0.29, 0.717) is 11.1 Å². The van der Waals surface area contributed by atoms with Crippen LogP contribution in [-0.4, -0.2) is 9.55 Å². The SMILES string of the molecule is O=c1c2c(-c3ccc(Cl)cc3)csc2ncn1C1CCCCC1. The largest absolute Gasteiger partial charge is 0.296 e. The summed E-state index contributed by atoms with van der Waals surface area (Å²) in [4.78, 5) is 18.4. The molecule has 2 heterocycles. The van der Waals surface area contributed by atoms with E-state index in [0.717, 1.165) is 34.2 Å². The Morgan fingerprint density at radius 1 is 1.13 bits per heavy atom. The first-order valence-electron chi connectivity index (χ1n) is 7.98. The molecule has 118 valence electrons. The maximum atomic E-state index is 13.1. The van der Waals surface area contributed by atoms with Gasteiger partial charge in [0.25, 0.3) is 5.56 Å². The molecule has 5 heteroatoms. The van der Waals surface area contributed by atoms with Gasteiger partial charge in [-0.25, -0.2) is 4.98 Å². The first-order chi connectivity index (χ1) is 11.2. The monoisotopic (exact) mass is 344 g/mol. The first-order valence-corrected chi connectivity index (χ1v) is 9.24. The number of aromatic nitrogens is 2. The third-order valence-corrected chi connectivity index (χ3v) is 5.78. The summed E-state index contributed by atoms with van der Waals surface area (Å²) in [5, 5.41) is 3.46. The number of hydrogen-bond acceptors (Lipinski definition) is 3. The Balaban J connectivity index is 1.86. The molecule has 0 aliphatic heterocycles. The molecule has 1 aliphatic rings. The lowest BCUT2D eigenvalue weighted by atomic mass is 9.95. The van der Waals surface area contributed by atoms with Gasteiger partial charge in [-0.2, -0.15) is 0 Å². The number of benzene rings is 1. The van der Waals surface area contributed by atoms with E-state index in [1.165, 1.54) is 30.6 Å². The van der Waals surface area contributed by atoms with Crippen LogP contribution in [0.25, 0.3) is 21.3 Å². The lowest BCUT2D eigenvalue weighted by molar-refractivity contribution is 0.345. The number of hydrogen-bond donors (Lipinski definition) is 0. The molecule has 2 aromatic heterocycles. The summed E-state index contributed by atoms with van der Waals surface area (Å²) in [7, 11) is 0. The standard InChI is InChI=1S/C18H17ClN2OS/c19-13-8-6-12(7-9-13)15-10-23-17-16(15)18(22)21(11-20-17)14-4-2-1-3-5-14/h6-11,14H,1-5H2. The van der Waals surface area contributed by atoms with Crippen LogP contribution >= 0.6 is 22.9 Å². The van der Waals surface area contributed by atoms with E-state index < -0.39 is 0 Å². The van der Waals surface area contributed by atoms with Crippen LogP contribution in [0.2, 0.25) is 5.02 Å². The van der Waals surface area contributed by atoms with Crippen LogP contribution < -0.4 is 5.56 Å². The van der Waals surface area contributed by atoms with Crippen molar-refractivity contribution in [1.82, 2.24) is 9.55 Å². The molecule has 1 aliphatic carbocycles. The second-order valence-electron chi connectivity index (χ2n) is 6.09. The Hall–Kier alpha value is -1.65. The number of halogens is 1. The minimum atomic E-state index is 0.0908. The molecule has 0 bridgehead atoms. The Labute approximate surface area is 143 Å². The molecule has 0 unspecified atom stereocenters. The zero-order valence-corrected chi connectivity index (χ0v) is 14.2.